The van der Waals surface area contributed by atoms with Crippen molar-refractivity contribution in [3.05, 3.63) is 64.4 Å². The molecule has 0 N–H and O–H groups in total. The highest BCUT2D eigenvalue weighted by molar-refractivity contribution is 6.33. The van der Waals surface area contributed by atoms with Gasteiger partial charge in [0.1, 0.15) is 16.8 Å². The lowest BCUT2D eigenvalue weighted by molar-refractivity contribution is 0.103. The summed E-state index contributed by atoms with van der Waals surface area (Å²) in [6, 6.07) is 5.69. The monoisotopic (exact) mass is 253 g/mol. The van der Waals surface area contributed by atoms with Crippen molar-refractivity contribution < 1.29 is 13.6 Å². The molecule has 0 amide bonds. The molecular formula is C12H6ClF2NO. The van der Waals surface area contributed by atoms with Crippen LogP contribution in [0.5, 0.6) is 0 Å². The first-order valence-electron chi connectivity index (χ1n) is 4.70. The fourth-order valence-corrected chi connectivity index (χ4v) is 1.58. The number of halogens is 3. The largest absolute Gasteiger partial charge is 0.288 e. The van der Waals surface area contributed by atoms with Crippen LogP contribution in [0.4, 0.5) is 8.78 Å². The molecule has 0 aliphatic rings. The van der Waals surface area contributed by atoms with E-state index in [-0.39, 0.29) is 16.3 Å². The molecular weight excluding hydrogens is 248 g/mol. The number of ketones is 1. The van der Waals surface area contributed by atoms with Crippen LogP contribution >= 0.6 is 11.6 Å². The van der Waals surface area contributed by atoms with Gasteiger partial charge in [-0.1, -0.05) is 11.6 Å². The van der Waals surface area contributed by atoms with Gasteiger partial charge in [0.05, 0.1) is 11.1 Å². The van der Waals surface area contributed by atoms with Crippen molar-refractivity contribution in [1.29, 1.82) is 0 Å². The molecule has 0 spiro atoms. The van der Waals surface area contributed by atoms with Gasteiger partial charge in [-0.15, -0.1) is 0 Å². The summed E-state index contributed by atoms with van der Waals surface area (Å²) in [6.45, 7) is 0. The molecule has 0 radical (unpaired) electrons. The molecule has 0 bridgehead atoms. The first-order chi connectivity index (χ1) is 8.09. The first kappa shape index (κ1) is 11.7. The van der Waals surface area contributed by atoms with E-state index in [0.29, 0.717) is 6.07 Å². The van der Waals surface area contributed by atoms with E-state index in [4.69, 9.17) is 11.6 Å². The summed E-state index contributed by atoms with van der Waals surface area (Å²) >= 11 is 5.72. The summed E-state index contributed by atoms with van der Waals surface area (Å²) in [5.74, 6) is -2.29. The molecule has 0 atom stereocenters. The van der Waals surface area contributed by atoms with E-state index in [9.17, 15) is 13.6 Å². The number of nitrogens with zero attached hydrogens (tertiary/aromatic N) is 1. The van der Waals surface area contributed by atoms with Gasteiger partial charge in [-0.25, -0.2) is 13.8 Å². The van der Waals surface area contributed by atoms with Crippen LogP contribution in [-0.4, -0.2) is 10.8 Å². The van der Waals surface area contributed by atoms with Gasteiger partial charge in [0.2, 0.25) is 0 Å². The number of hydrogen-bond donors (Lipinski definition) is 0. The van der Waals surface area contributed by atoms with Crippen LogP contribution in [0.3, 0.4) is 0 Å². The molecule has 1 aromatic heterocycles. The van der Waals surface area contributed by atoms with Crippen molar-refractivity contribution in [3.8, 4) is 0 Å². The molecule has 1 heterocycles. The minimum absolute atomic E-state index is 0.0128. The fraction of sp³-hybridized carbons (Fsp3) is 0. The molecule has 0 saturated heterocycles. The average molecular weight is 254 g/mol. The number of aromatic nitrogens is 1. The quantitative estimate of drug-likeness (QED) is 0.607. The number of pyridine rings is 1. The second-order valence-corrected chi connectivity index (χ2v) is 3.65. The maximum absolute atomic E-state index is 13.4. The molecule has 0 aliphatic heterocycles. The summed E-state index contributed by atoms with van der Waals surface area (Å²) in [4.78, 5) is 15.6. The van der Waals surface area contributed by atoms with E-state index in [1.807, 2.05) is 0 Å². The van der Waals surface area contributed by atoms with Crippen LogP contribution in [-0.2, 0) is 0 Å². The molecule has 2 rings (SSSR count). The normalized spacial score (nSPS) is 10.3. The number of carbonyl (C=O) groups is 1. The lowest BCUT2D eigenvalue weighted by Gasteiger charge is -2.03. The van der Waals surface area contributed by atoms with E-state index in [1.54, 1.807) is 0 Å². The van der Waals surface area contributed by atoms with Gasteiger partial charge in [-0.3, -0.25) is 4.79 Å². The van der Waals surface area contributed by atoms with Crippen LogP contribution in [0.15, 0.2) is 36.5 Å². The van der Waals surface area contributed by atoms with Crippen molar-refractivity contribution in [3.63, 3.8) is 0 Å². The van der Waals surface area contributed by atoms with Crippen molar-refractivity contribution in [2.45, 2.75) is 0 Å². The van der Waals surface area contributed by atoms with Crippen LogP contribution in [0.1, 0.15) is 15.9 Å². The van der Waals surface area contributed by atoms with Gasteiger partial charge in [0.15, 0.2) is 5.78 Å². The van der Waals surface area contributed by atoms with Crippen molar-refractivity contribution in [2.75, 3.05) is 0 Å². The number of hydrogen-bond acceptors (Lipinski definition) is 2. The molecule has 17 heavy (non-hydrogen) atoms. The van der Waals surface area contributed by atoms with Crippen molar-refractivity contribution >= 4 is 17.4 Å². The molecule has 0 fully saturated rings. The Morgan fingerprint density at radius 2 is 1.94 bits per heavy atom. The van der Waals surface area contributed by atoms with E-state index < -0.39 is 17.4 Å². The second kappa shape index (κ2) is 4.59. The van der Waals surface area contributed by atoms with Gasteiger partial charge in [0.25, 0.3) is 0 Å². The molecule has 5 heteroatoms. The molecule has 0 saturated carbocycles. The van der Waals surface area contributed by atoms with Crippen molar-refractivity contribution in [2.24, 2.45) is 0 Å². The van der Waals surface area contributed by atoms with Crippen molar-refractivity contribution in [1.82, 2.24) is 4.98 Å². The Hall–Kier alpha value is -1.81. The van der Waals surface area contributed by atoms with E-state index in [2.05, 4.69) is 4.98 Å². The Balaban J connectivity index is 2.48. The highest BCUT2D eigenvalue weighted by atomic mass is 35.5. The highest BCUT2D eigenvalue weighted by Gasteiger charge is 2.17. The van der Waals surface area contributed by atoms with Gasteiger partial charge < -0.3 is 0 Å². The van der Waals surface area contributed by atoms with Gasteiger partial charge in [-0.05, 0) is 24.3 Å². The van der Waals surface area contributed by atoms with Gasteiger partial charge >= 0.3 is 0 Å². The topological polar surface area (TPSA) is 30.0 Å². The SMILES string of the molecule is O=C(c1ccc(F)cc1F)c1cccnc1Cl. The van der Waals surface area contributed by atoms with Crippen LogP contribution < -0.4 is 0 Å². The smallest absolute Gasteiger partial charge is 0.199 e. The zero-order valence-corrected chi connectivity index (χ0v) is 9.21. The van der Waals surface area contributed by atoms with Crippen LogP contribution in [0, 0.1) is 11.6 Å². The average Bonchev–Trinajstić information content (AvgIpc) is 2.29. The zero-order valence-electron chi connectivity index (χ0n) is 8.45. The number of rotatable bonds is 2. The summed E-state index contributed by atoms with van der Waals surface area (Å²) in [7, 11) is 0. The van der Waals surface area contributed by atoms with E-state index in [0.717, 1.165) is 12.1 Å². The second-order valence-electron chi connectivity index (χ2n) is 3.30. The van der Waals surface area contributed by atoms with Crippen LogP contribution in [0.25, 0.3) is 0 Å². The zero-order chi connectivity index (χ0) is 12.4. The van der Waals surface area contributed by atoms with Gasteiger partial charge in [-0.2, -0.15) is 0 Å². The predicted octanol–water partition coefficient (Wildman–Crippen LogP) is 3.24. The predicted molar refractivity (Wildman–Crippen MR) is 59.0 cm³/mol. The molecule has 0 unspecified atom stereocenters. The minimum atomic E-state index is -0.921. The molecule has 2 aromatic rings. The number of benzene rings is 1. The Labute approximate surface area is 101 Å². The Bertz CT molecular complexity index is 586. The maximum Gasteiger partial charge on any atom is 0.199 e. The molecule has 0 aliphatic carbocycles. The summed E-state index contributed by atoms with van der Waals surface area (Å²) in [5, 5.41) is -0.0128. The minimum Gasteiger partial charge on any atom is -0.288 e. The Kier molecular flexibility index (Phi) is 3.15. The third-order valence-electron chi connectivity index (χ3n) is 2.18. The lowest BCUT2D eigenvalue weighted by Crippen LogP contribution is -2.06. The van der Waals surface area contributed by atoms with E-state index in [1.165, 1.54) is 18.3 Å². The fourth-order valence-electron chi connectivity index (χ4n) is 1.37. The third-order valence-corrected chi connectivity index (χ3v) is 2.48. The standard InChI is InChI=1S/C12H6ClF2NO/c13-12-9(2-1-5-16-12)11(17)8-4-3-7(14)6-10(8)15/h1-6H. The number of carbonyl (C=O) groups excluding carboxylic acids is 1. The Morgan fingerprint density at radius 1 is 1.18 bits per heavy atom. The highest BCUT2D eigenvalue weighted by Crippen LogP contribution is 2.19. The molecule has 86 valence electrons. The maximum atomic E-state index is 13.4. The molecule has 2 nitrogen and oxygen atoms in total. The first-order valence-corrected chi connectivity index (χ1v) is 5.07. The Morgan fingerprint density at radius 3 is 2.59 bits per heavy atom. The lowest BCUT2D eigenvalue weighted by atomic mass is 10.0. The third kappa shape index (κ3) is 2.31. The summed E-state index contributed by atoms with van der Waals surface area (Å²) < 4.78 is 26.1. The van der Waals surface area contributed by atoms with Gasteiger partial charge in [0, 0.05) is 12.3 Å². The summed E-state index contributed by atoms with van der Waals surface area (Å²) in [5.41, 5.74) is -0.152. The van der Waals surface area contributed by atoms with E-state index >= 15 is 0 Å². The summed E-state index contributed by atoms with van der Waals surface area (Å²) in [6.07, 6.45) is 1.42. The van der Waals surface area contributed by atoms with Crippen LogP contribution in [0.2, 0.25) is 5.15 Å². The molecule has 1 aromatic carbocycles.